The second-order valence-electron chi connectivity index (χ2n) is 5.32. The van der Waals surface area contributed by atoms with Crippen LogP contribution in [0.5, 0.6) is 0 Å². The normalized spacial score (nSPS) is 20.2. The highest BCUT2D eigenvalue weighted by atomic mass is 35.5. The largest absolute Gasteiger partial charge is 0.347 e. The molecule has 1 N–H and O–H groups in total. The van der Waals surface area contributed by atoms with Gasteiger partial charge in [-0.1, -0.05) is 29.8 Å². The van der Waals surface area contributed by atoms with Crippen molar-refractivity contribution in [1.82, 2.24) is 19.7 Å². The van der Waals surface area contributed by atoms with Crippen LogP contribution in [0.2, 0.25) is 5.02 Å². The Hall–Kier alpha value is -2.40. The van der Waals surface area contributed by atoms with E-state index in [4.69, 9.17) is 11.6 Å². The maximum atomic E-state index is 6.15. The molecule has 0 fully saturated rings. The Morgan fingerprint density at radius 3 is 2.91 bits per heavy atom. The lowest BCUT2D eigenvalue weighted by atomic mass is 9.94. The average molecular weight is 312 g/mol. The number of halogens is 1. The highest BCUT2D eigenvalue weighted by molar-refractivity contribution is 6.30. The van der Waals surface area contributed by atoms with Gasteiger partial charge in [0.05, 0.1) is 12.1 Å². The van der Waals surface area contributed by atoms with E-state index in [9.17, 15) is 0 Å². The van der Waals surface area contributed by atoms with Crippen LogP contribution in [0.4, 0.5) is 5.95 Å². The summed E-state index contributed by atoms with van der Waals surface area (Å²) in [5, 5.41) is 8.51. The molecule has 4 rings (SSSR count). The van der Waals surface area contributed by atoms with E-state index in [2.05, 4.69) is 32.5 Å². The molecule has 0 unspecified atom stereocenters. The minimum Gasteiger partial charge on any atom is -0.347 e. The van der Waals surface area contributed by atoms with Crippen molar-refractivity contribution in [2.45, 2.75) is 18.5 Å². The highest BCUT2D eigenvalue weighted by Crippen LogP contribution is 2.37. The lowest BCUT2D eigenvalue weighted by Crippen LogP contribution is -2.28. The van der Waals surface area contributed by atoms with Crippen molar-refractivity contribution >= 4 is 17.5 Å². The van der Waals surface area contributed by atoms with Crippen molar-refractivity contribution in [1.29, 1.82) is 0 Å². The predicted molar refractivity (Wildman–Crippen MR) is 84.8 cm³/mol. The highest BCUT2D eigenvalue weighted by Gasteiger charge is 2.29. The van der Waals surface area contributed by atoms with Gasteiger partial charge in [0.1, 0.15) is 6.33 Å². The monoisotopic (exact) mass is 311 g/mol. The molecule has 5 nitrogen and oxygen atoms in total. The molecular weight excluding hydrogens is 298 g/mol. The van der Waals surface area contributed by atoms with Crippen molar-refractivity contribution in [3.63, 3.8) is 0 Å². The van der Waals surface area contributed by atoms with Crippen molar-refractivity contribution in [2.24, 2.45) is 0 Å². The summed E-state index contributed by atoms with van der Waals surface area (Å²) < 4.78 is 1.92. The third kappa shape index (κ3) is 2.33. The Morgan fingerprint density at radius 1 is 1.18 bits per heavy atom. The average Bonchev–Trinajstić information content (AvgIpc) is 3.03. The Morgan fingerprint density at radius 2 is 2.09 bits per heavy atom. The van der Waals surface area contributed by atoms with Crippen molar-refractivity contribution in [3.8, 4) is 0 Å². The zero-order valence-corrected chi connectivity index (χ0v) is 12.5. The molecule has 2 atom stereocenters. The van der Waals surface area contributed by atoms with Gasteiger partial charge in [0, 0.05) is 17.4 Å². The molecule has 3 aromatic rings. The van der Waals surface area contributed by atoms with Gasteiger partial charge in [-0.3, -0.25) is 4.98 Å². The van der Waals surface area contributed by atoms with E-state index >= 15 is 0 Å². The van der Waals surface area contributed by atoms with E-state index in [1.807, 2.05) is 35.1 Å². The molecule has 1 aliphatic heterocycles. The van der Waals surface area contributed by atoms with Crippen LogP contribution in [-0.4, -0.2) is 19.7 Å². The number of anilines is 1. The first-order chi connectivity index (χ1) is 10.8. The van der Waals surface area contributed by atoms with Gasteiger partial charge in [-0.05, 0) is 35.7 Å². The minimum atomic E-state index is 0.0997. The lowest BCUT2D eigenvalue weighted by Gasteiger charge is -2.31. The SMILES string of the molecule is Clc1cccc([C@@H]2C[C@H](c3cccnc3)Nc3ncnn32)c1. The van der Waals surface area contributed by atoms with Crippen molar-refractivity contribution in [3.05, 3.63) is 71.3 Å². The van der Waals surface area contributed by atoms with Gasteiger partial charge in [-0.2, -0.15) is 10.1 Å². The van der Waals surface area contributed by atoms with Gasteiger partial charge in [-0.25, -0.2) is 4.68 Å². The van der Waals surface area contributed by atoms with Crippen LogP contribution in [0, 0.1) is 0 Å². The van der Waals surface area contributed by atoms with Crippen LogP contribution < -0.4 is 5.32 Å². The minimum absolute atomic E-state index is 0.0997. The third-order valence-electron chi connectivity index (χ3n) is 3.95. The molecule has 1 aromatic carbocycles. The van der Waals surface area contributed by atoms with Crippen molar-refractivity contribution in [2.75, 3.05) is 5.32 Å². The van der Waals surface area contributed by atoms with Gasteiger partial charge in [0.15, 0.2) is 0 Å². The molecule has 3 heterocycles. The Bertz CT molecular complexity index is 786. The van der Waals surface area contributed by atoms with Crippen LogP contribution in [0.3, 0.4) is 0 Å². The second kappa shape index (κ2) is 5.42. The molecule has 22 heavy (non-hydrogen) atoms. The van der Waals surface area contributed by atoms with Gasteiger partial charge >= 0.3 is 0 Å². The van der Waals surface area contributed by atoms with Crippen molar-refractivity contribution < 1.29 is 0 Å². The summed E-state index contributed by atoms with van der Waals surface area (Å²) in [6, 6.07) is 12.2. The first-order valence-corrected chi connectivity index (χ1v) is 7.50. The summed E-state index contributed by atoms with van der Waals surface area (Å²) in [4.78, 5) is 8.53. The quantitative estimate of drug-likeness (QED) is 0.787. The van der Waals surface area contributed by atoms with Crippen LogP contribution in [0.15, 0.2) is 55.1 Å². The van der Waals surface area contributed by atoms with Gasteiger partial charge in [0.25, 0.3) is 0 Å². The van der Waals surface area contributed by atoms with Crippen LogP contribution in [0.1, 0.15) is 29.6 Å². The van der Waals surface area contributed by atoms with E-state index in [0.29, 0.717) is 0 Å². The number of fused-ring (bicyclic) bond motifs is 1. The summed E-state index contributed by atoms with van der Waals surface area (Å²) in [5.74, 6) is 0.769. The molecule has 0 saturated carbocycles. The molecule has 0 aliphatic carbocycles. The fraction of sp³-hybridized carbons (Fsp3) is 0.188. The van der Waals surface area contributed by atoms with Gasteiger partial charge < -0.3 is 5.32 Å². The predicted octanol–water partition coefficient (Wildman–Crippen LogP) is 3.47. The number of aromatic nitrogens is 4. The second-order valence-corrected chi connectivity index (χ2v) is 5.75. The summed E-state index contributed by atoms with van der Waals surface area (Å²) >= 11 is 6.15. The Kier molecular flexibility index (Phi) is 3.27. The fourth-order valence-electron chi connectivity index (χ4n) is 2.91. The summed E-state index contributed by atoms with van der Waals surface area (Å²) in [6.45, 7) is 0. The maximum absolute atomic E-state index is 6.15. The fourth-order valence-corrected chi connectivity index (χ4v) is 3.11. The number of benzene rings is 1. The van der Waals surface area contributed by atoms with Gasteiger partial charge in [-0.15, -0.1) is 0 Å². The van der Waals surface area contributed by atoms with Crippen LogP contribution >= 0.6 is 11.6 Å². The number of nitrogens with one attached hydrogen (secondary N) is 1. The lowest BCUT2D eigenvalue weighted by molar-refractivity contribution is 0.430. The number of pyridine rings is 1. The van der Waals surface area contributed by atoms with E-state index < -0.39 is 0 Å². The zero-order chi connectivity index (χ0) is 14.9. The molecular formula is C16H14ClN5. The number of hydrogen-bond acceptors (Lipinski definition) is 4. The molecule has 0 bridgehead atoms. The molecule has 1 aliphatic rings. The third-order valence-corrected chi connectivity index (χ3v) is 4.19. The molecule has 110 valence electrons. The number of rotatable bonds is 2. The first-order valence-electron chi connectivity index (χ1n) is 7.13. The summed E-state index contributed by atoms with van der Waals surface area (Å²) in [7, 11) is 0. The zero-order valence-electron chi connectivity index (χ0n) is 11.7. The topological polar surface area (TPSA) is 55.6 Å². The first kappa shape index (κ1) is 13.3. The van der Waals surface area contributed by atoms with E-state index in [1.54, 1.807) is 12.5 Å². The maximum Gasteiger partial charge on any atom is 0.222 e. The smallest absolute Gasteiger partial charge is 0.222 e. The molecule has 6 heteroatoms. The summed E-state index contributed by atoms with van der Waals surface area (Å²) in [6.07, 6.45) is 6.11. The molecule has 2 aromatic heterocycles. The standard InChI is InChI=1S/C16H14ClN5/c17-13-5-1-3-11(7-13)15-8-14(12-4-2-6-18-9-12)21-16-19-10-20-22(15)16/h1-7,9-10,14-15H,8H2,(H,19,20,21)/t14-,15+/m1/s1. The van der Waals surface area contributed by atoms with Crippen LogP contribution in [0.25, 0.3) is 0 Å². The summed E-state index contributed by atoms with van der Waals surface area (Å²) in [5.41, 5.74) is 2.28. The molecule has 0 amide bonds. The number of hydrogen-bond donors (Lipinski definition) is 1. The molecule has 0 spiro atoms. The Balaban J connectivity index is 1.75. The van der Waals surface area contributed by atoms with E-state index in [1.165, 1.54) is 0 Å². The molecule has 0 radical (unpaired) electrons. The number of nitrogens with zero attached hydrogens (tertiary/aromatic N) is 4. The van der Waals surface area contributed by atoms with E-state index in [-0.39, 0.29) is 12.1 Å². The van der Waals surface area contributed by atoms with E-state index in [0.717, 1.165) is 28.5 Å². The molecule has 0 saturated heterocycles. The van der Waals surface area contributed by atoms with Gasteiger partial charge in [0.2, 0.25) is 5.95 Å². The Labute approximate surface area is 133 Å². The van der Waals surface area contributed by atoms with Crippen LogP contribution in [-0.2, 0) is 0 Å².